The first-order valence-electron chi connectivity index (χ1n) is 5.46. The molecule has 0 aromatic heterocycles. The Hall–Kier alpha value is -2.58. The van der Waals surface area contributed by atoms with E-state index in [1.807, 2.05) is 48.6 Å². The minimum atomic E-state index is 0.560. The lowest BCUT2D eigenvalue weighted by molar-refractivity contribution is 1.44. The quantitative estimate of drug-likeness (QED) is 0.569. The largest absolute Gasteiger partial charge is 0.193 e. The fourth-order valence-corrected chi connectivity index (χ4v) is 0.905. The number of rotatable bonds is 2. The molecule has 0 saturated heterocycles. The molecule has 0 aliphatic rings. The molecule has 0 fully saturated rings. The molecule has 0 atom stereocenters. The van der Waals surface area contributed by atoms with Crippen LogP contribution in [0.25, 0.3) is 6.08 Å². The van der Waals surface area contributed by atoms with Gasteiger partial charge in [0.05, 0.1) is 12.1 Å². The second-order valence-corrected chi connectivity index (χ2v) is 3.62. The molecular formula is C16H16N2. The van der Waals surface area contributed by atoms with E-state index in [2.05, 4.69) is 12.6 Å². The summed E-state index contributed by atoms with van der Waals surface area (Å²) in [6.07, 6.45) is 5.65. The maximum atomic E-state index is 8.48. The highest BCUT2D eigenvalue weighted by molar-refractivity contribution is 5.51. The van der Waals surface area contributed by atoms with E-state index in [-0.39, 0.29) is 0 Å². The zero-order valence-electron chi connectivity index (χ0n) is 10.7. The average molecular weight is 236 g/mol. The van der Waals surface area contributed by atoms with Crippen LogP contribution in [0.5, 0.6) is 0 Å². The Bertz CT molecular complexity index is 508. The normalized spacial score (nSPS) is 9.89. The van der Waals surface area contributed by atoms with Crippen molar-refractivity contribution in [3.63, 3.8) is 0 Å². The predicted octanol–water partition coefficient (Wildman–Crippen LogP) is 4.26. The van der Waals surface area contributed by atoms with E-state index < -0.39 is 0 Å². The van der Waals surface area contributed by atoms with Crippen LogP contribution in [0, 0.1) is 22.7 Å². The van der Waals surface area contributed by atoms with Crippen molar-refractivity contribution in [2.45, 2.75) is 13.8 Å². The van der Waals surface area contributed by atoms with Gasteiger partial charge >= 0.3 is 0 Å². The molecule has 1 aromatic carbocycles. The molecule has 0 N–H and O–H groups in total. The molecule has 0 radical (unpaired) electrons. The average Bonchev–Trinajstić information content (AvgIpc) is 2.40. The summed E-state index contributed by atoms with van der Waals surface area (Å²) >= 11 is 0. The molecule has 18 heavy (non-hydrogen) atoms. The topological polar surface area (TPSA) is 47.6 Å². The number of nitriles is 2. The van der Waals surface area contributed by atoms with Crippen LogP contribution in [0.4, 0.5) is 0 Å². The summed E-state index contributed by atoms with van der Waals surface area (Å²) in [6, 6.07) is 13.9. The lowest BCUT2D eigenvalue weighted by Crippen LogP contribution is -1.68. The summed E-state index contributed by atoms with van der Waals surface area (Å²) in [6.45, 7) is 6.77. The zero-order chi connectivity index (χ0) is 13.8. The van der Waals surface area contributed by atoms with Crippen LogP contribution >= 0.6 is 0 Å². The Labute approximate surface area is 109 Å². The van der Waals surface area contributed by atoms with Crippen molar-refractivity contribution >= 4 is 6.08 Å². The van der Waals surface area contributed by atoms with Crippen LogP contribution in [0.15, 0.2) is 60.2 Å². The molecule has 1 rings (SSSR count). The Morgan fingerprint density at radius 1 is 1.11 bits per heavy atom. The fourth-order valence-electron chi connectivity index (χ4n) is 0.905. The number of hydrogen-bond donors (Lipinski definition) is 0. The monoisotopic (exact) mass is 236 g/mol. The second-order valence-electron chi connectivity index (χ2n) is 3.62. The van der Waals surface area contributed by atoms with Gasteiger partial charge in [-0.15, -0.1) is 0 Å². The van der Waals surface area contributed by atoms with Crippen molar-refractivity contribution in [2.24, 2.45) is 0 Å². The molecule has 0 heterocycles. The zero-order valence-corrected chi connectivity index (χ0v) is 10.7. The first-order valence-corrected chi connectivity index (χ1v) is 5.46. The third-order valence-corrected chi connectivity index (χ3v) is 1.80. The van der Waals surface area contributed by atoms with Crippen LogP contribution in [-0.2, 0) is 0 Å². The molecule has 0 spiro atoms. The van der Waals surface area contributed by atoms with Crippen LogP contribution in [-0.4, -0.2) is 0 Å². The van der Waals surface area contributed by atoms with Crippen molar-refractivity contribution in [1.82, 2.24) is 0 Å². The van der Waals surface area contributed by atoms with Gasteiger partial charge in [0.25, 0.3) is 0 Å². The minimum Gasteiger partial charge on any atom is -0.193 e. The highest BCUT2D eigenvalue weighted by Crippen LogP contribution is 2.01. The van der Waals surface area contributed by atoms with Crippen molar-refractivity contribution < 1.29 is 0 Å². The maximum absolute atomic E-state index is 8.48. The number of nitrogens with zero attached hydrogens (tertiary/aromatic N) is 2. The van der Waals surface area contributed by atoms with E-state index in [9.17, 15) is 0 Å². The van der Waals surface area contributed by atoms with Gasteiger partial charge in [0.1, 0.15) is 0 Å². The molecular weight excluding hydrogens is 220 g/mol. The third kappa shape index (κ3) is 8.71. The van der Waals surface area contributed by atoms with Gasteiger partial charge in [0, 0.05) is 11.1 Å². The van der Waals surface area contributed by atoms with Gasteiger partial charge in [0.15, 0.2) is 0 Å². The van der Waals surface area contributed by atoms with E-state index in [1.165, 1.54) is 0 Å². The smallest absolute Gasteiger partial charge is 0.0944 e. The second kappa shape index (κ2) is 9.63. The molecule has 0 bridgehead atoms. The molecule has 0 amide bonds. The number of allylic oxidation sites excluding steroid dienone is 4. The summed E-state index contributed by atoms with van der Waals surface area (Å²) < 4.78 is 0. The molecule has 90 valence electrons. The minimum absolute atomic E-state index is 0.560. The lowest BCUT2D eigenvalue weighted by Gasteiger charge is -1.88. The van der Waals surface area contributed by atoms with E-state index in [0.29, 0.717) is 11.1 Å². The molecule has 0 aliphatic carbocycles. The van der Waals surface area contributed by atoms with Gasteiger partial charge in [-0.3, -0.25) is 0 Å². The molecule has 0 aliphatic heterocycles. The summed E-state index contributed by atoms with van der Waals surface area (Å²) in [7, 11) is 0. The Kier molecular flexibility index (Phi) is 8.25. The molecule has 0 unspecified atom stereocenters. The highest BCUT2D eigenvalue weighted by Gasteiger charge is 1.81. The van der Waals surface area contributed by atoms with Crippen molar-refractivity contribution in [2.75, 3.05) is 0 Å². The number of benzene rings is 1. The van der Waals surface area contributed by atoms with E-state index in [0.717, 1.165) is 5.56 Å². The third-order valence-electron chi connectivity index (χ3n) is 1.80. The van der Waals surface area contributed by atoms with Gasteiger partial charge in [0.2, 0.25) is 0 Å². The van der Waals surface area contributed by atoms with E-state index >= 15 is 0 Å². The summed E-state index contributed by atoms with van der Waals surface area (Å²) in [5.74, 6) is 0. The highest BCUT2D eigenvalue weighted by atomic mass is 14.2. The summed E-state index contributed by atoms with van der Waals surface area (Å²) in [5.41, 5.74) is 2.42. The van der Waals surface area contributed by atoms with Crippen LogP contribution < -0.4 is 0 Å². The van der Waals surface area contributed by atoms with Crippen molar-refractivity contribution in [3.8, 4) is 12.1 Å². The van der Waals surface area contributed by atoms with Gasteiger partial charge < -0.3 is 0 Å². The van der Waals surface area contributed by atoms with Crippen molar-refractivity contribution in [3.05, 3.63) is 65.8 Å². The van der Waals surface area contributed by atoms with E-state index in [4.69, 9.17) is 10.5 Å². The summed E-state index contributed by atoms with van der Waals surface area (Å²) in [4.78, 5) is 0. The predicted molar refractivity (Wildman–Crippen MR) is 75.3 cm³/mol. The first kappa shape index (κ1) is 15.4. The fraction of sp³-hybridized carbons (Fsp3) is 0.125. The van der Waals surface area contributed by atoms with Gasteiger partial charge in [-0.2, -0.15) is 10.5 Å². The van der Waals surface area contributed by atoms with Gasteiger partial charge in [-0.1, -0.05) is 49.1 Å². The first-order chi connectivity index (χ1) is 8.60. The Morgan fingerprint density at radius 3 is 2.11 bits per heavy atom. The Balaban J connectivity index is 0.000000494. The standard InChI is InChI=1S/C12H11N.C4H5N/c1-11(10-13)6-5-9-12-7-3-2-4-8-12;1-4(2)3-5/h2-9H,1H3;1H2,2H3. The maximum Gasteiger partial charge on any atom is 0.0944 e. The van der Waals surface area contributed by atoms with Crippen LogP contribution in [0.3, 0.4) is 0 Å². The van der Waals surface area contributed by atoms with Gasteiger partial charge in [-0.25, -0.2) is 0 Å². The SMILES string of the molecule is C=C(C)C#N.CC(C#N)=CC=Cc1ccccc1. The molecule has 1 aromatic rings. The molecule has 0 saturated carbocycles. The molecule has 2 heteroatoms. The number of hydrogen-bond acceptors (Lipinski definition) is 2. The van der Waals surface area contributed by atoms with E-state index in [1.54, 1.807) is 19.9 Å². The summed E-state index contributed by atoms with van der Waals surface area (Å²) in [5, 5.41) is 16.3. The Morgan fingerprint density at radius 2 is 1.67 bits per heavy atom. The van der Waals surface area contributed by atoms with Crippen LogP contribution in [0.2, 0.25) is 0 Å². The molecule has 2 nitrogen and oxygen atoms in total. The van der Waals surface area contributed by atoms with Crippen LogP contribution in [0.1, 0.15) is 19.4 Å². The van der Waals surface area contributed by atoms with Crippen molar-refractivity contribution in [1.29, 1.82) is 10.5 Å². The van der Waals surface area contributed by atoms with Gasteiger partial charge in [-0.05, 0) is 25.5 Å². The lowest BCUT2D eigenvalue weighted by atomic mass is 10.2.